The SMILES string of the molecule is CCN(CC)S(=O)(=O)c1ccc(S(=O)(=O)N(C)C(C)c2ccc(S(N)(=O)=O)cc2)cc1. The molecule has 1 atom stereocenters. The Hall–Kier alpha value is -1.83. The molecule has 0 aliphatic carbocycles. The summed E-state index contributed by atoms with van der Waals surface area (Å²) < 4.78 is 76.5. The molecule has 31 heavy (non-hydrogen) atoms. The smallest absolute Gasteiger partial charge is 0.225 e. The largest absolute Gasteiger partial charge is 0.243 e. The monoisotopic (exact) mass is 489 g/mol. The molecule has 0 saturated heterocycles. The van der Waals surface area contributed by atoms with E-state index in [-0.39, 0.29) is 14.7 Å². The Labute approximate surface area is 184 Å². The lowest BCUT2D eigenvalue weighted by molar-refractivity contribution is 0.398. The first-order valence-electron chi connectivity index (χ1n) is 9.47. The first-order valence-corrected chi connectivity index (χ1v) is 13.9. The molecule has 0 saturated carbocycles. The van der Waals surface area contributed by atoms with Gasteiger partial charge in [-0.05, 0) is 48.9 Å². The standard InChI is InChI=1S/C19H27N3O6S3/c1-5-22(6-2)31(27,28)19-13-11-18(12-14-19)30(25,26)21(4)15(3)16-7-9-17(10-8-16)29(20,23)24/h7-15H,5-6H2,1-4H3,(H2,20,23,24). The Morgan fingerprint density at radius 1 is 0.742 bits per heavy atom. The van der Waals surface area contributed by atoms with E-state index in [2.05, 4.69) is 0 Å². The van der Waals surface area contributed by atoms with Crippen LogP contribution in [0, 0.1) is 0 Å². The zero-order valence-corrected chi connectivity index (χ0v) is 20.2. The maximum absolute atomic E-state index is 13.0. The molecule has 0 aromatic heterocycles. The van der Waals surface area contributed by atoms with Crippen LogP contribution in [0.3, 0.4) is 0 Å². The Morgan fingerprint density at radius 2 is 1.13 bits per heavy atom. The highest BCUT2D eigenvalue weighted by atomic mass is 32.2. The number of rotatable bonds is 9. The summed E-state index contributed by atoms with van der Waals surface area (Å²) in [7, 11) is -10.1. The maximum Gasteiger partial charge on any atom is 0.243 e. The third kappa shape index (κ3) is 5.33. The summed E-state index contributed by atoms with van der Waals surface area (Å²) in [5.41, 5.74) is 0.569. The minimum atomic E-state index is -3.94. The summed E-state index contributed by atoms with van der Waals surface area (Å²) in [5, 5.41) is 5.09. The zero-order valence-electron chi connectivity index (χ0n) is 17.8. The number of hydrogen-bond acceptors (Lipinski definition) is 6. The first-order chi connectivity index (χ1) is 14.3. The second kappa shape index (κ2) is 9.35. The summed E-state index contributed by atoms with van der Waals surface area (Å²) in [6, 6.07) is 10.1. The molecular formula is C19H27N3O6S3. The molecule has 9 nitrogen and oxygen atoms in total. The van der Waals surface area contributed by atoms with Crippen molar-refractivity contribution in [2.75, 3.05) is 20.1 Å². The highest BCUT2D eigenvalue weighted by Crippen LogP contribution is 2.27. The quantitative estimate of drug-likeness (QED) is 0.570. The number of primary sulfonamides is 1. The van der Waals surface area contributed by atoms with Crippen LogP contribution in [0.1, 0.15) is 32.4 Å². The van der Waals surface area contributed by atoms with Gasteiger partial charge in [0.15, 0.2) is 0 Å². The fourth-order valence-corrected chi connectivity index (χ4v) is 6.34. The van der Waals surface area contributed by atoms with Crippen molar-refractivity contribution in [2.45, 2.75) is 41.5 Å². The summed E-state index contributed by atoms with van der Waals surface area (Å²) in [4.78, 5) is -0.107. The third-order valence-corrected chi connectivity index (χ3v) is 10.0. The van der Waals surface area contributed by atoms with Crippen LogP contribution in [0.5, 0.6) is 0 Å². The fraction of sp³-hybridized carbons (Fsp3) is 0.368. The van der Waals surface area contributed by atoms with Gasteiger partial charge in [-0.3, -0.25) is 0 Å². The Bertz CT molecular complexity index is 1220. The highest BCUT2D eigenvalue weighted by Gasteiger charge is 2.28. The van der Waals surface area contributed by atoms with Gasteiger partial charge in [0.05, 0.1) is 14.7 Å². The van der Waals surface area contributed by atoms with Gasteiger partial charge >= 0.3 is 0 Å². The van der Waals surface area contributed by atoms with Crippen molar-refractivity contribution in [3.63, 3.8) is 0 Å². The topological polar surface area (TPSA) is 135 Å². The molecule has 172 valence electrons. The van der Waals surface area contributed by atoms with Gasteiger partial charge in [-0.25, -0.2) is 30.4 Å². The highest BCUT2D eigenvalue weighted by molar-refractivity contribution is 7.89. The number of nitrogens with two attached hydrogens (primary N) is 1. The lowest BCUT2D eigenvalue weighted by Crippen LogP contribution is -2.31. The average molecular weight is 490 g/mol. The maximum atomic E-state index is 13.0. The van der Waals surface area contributed by atoms with Crippen LogP contribution in [-0.2, 0) is 30.1 Å². The number of hydrogen-bond donors (Lipinski definition) is 1. The summed E-state index contributed by atoms with van der Waals surface area (Å²) in [5.74, 6) is 0. The second-order valence-electron chi connectivity index (χ2n) is 6.87. The van der Waals surface area contributed by atoms with Gasteiger partial charge in [0.25, 0.3) is 0 Å². The van der Waals surface area contributed by atoms with E-state index in [1.54, 1.807) is 20.8 Å². The summed E-state index contributed by atoms with van der Waals surface area (Å²) >= 11 is 0. The van der Waals surface area contributed by atoms with Crippen molar-refractivity contribution in [3.8, 4) is 0 Å². The number of nitrogens with zero attached hydrogens (tertiary/aromatic N) is 2. The lowest BCUT2D eigenvalue weighted by Gasteiger charge is -2.25. The van der Waals surface area contributed by atoms with E-state index >= 15 is 0 Å². The van der Waals surface area contributed by atoms with Crippen LogP contribution in [0.2, 0.25) is 0 Å². The van der Waals surface area contributed by atoms with Crippen LogP contribution >= 0.6 is 0 Å². The molecule has 0 aliphatic rings. The predicted molar refractivity (Wildman–Crippen MR) is 118 cm³/mol. The van der Waals surface area contributed by atoms with Gasteiger partial charge in [-0.2, -0.15) is 8.61 Å². The van der Waals surface area contributed by atoms with Crippen molar-refractivity contribution in [2.24, 2.45) is 5.14 Å². The third-order valence-electron chi connectivity index (χ3n) is 5.08. The van der Waals surface area contributed by atoms with Crippen molar-refractivity contribution < 1.29 is 25.3 Å². The molecule has 2 N–H and O–H groups in total. The molecule has 1 unspecified atom stereocenters. The van der Waals surface area contributed by atoms with Crippen LogP contribution in [0.4, 0.5) is 0 Å². The van der Waals surface area contributed by atoms with Gasteiger partial charge in [0, 0.05) is 26.2 Å². The Morgan fingerprint density at radius 3 is 1.52 bits per heavy atom. The van der Waals surface area contributed by atoms with E-state index in [4.69, 9.17) is 5.14 Å². The van der Waals surface area contributed by atoms with E-state index in [1.165, 1.54) is 59.9 Å². The van der Waals surface area contributed by atoms with Crippen LogP contribution in [0.25, 0.3) is 0 Å². The van der Waals surface area contributed by atoms with Crippen molar-refractivity contribution in [1.82, 2.24) is 8.61 Å². The van der Waals surface area contributed by atoms with Crippen molar-refractivity contribution in [1.29, 1.82) is 0 Å². The van der Waals surface area contributed by atoms with Crippen LogP contribution in [0.15, 0.2) is 63.2 Å². The second-order valence-corrected chi connectivity index (χ2v) is 12.4. The van der Waals surface area contributed by atoms with E-state index in [9.17, 15) is 25.3 Å². The van der Waals surface area contributed by atoms with Gasteiger partial charge in [-0.1, -0.05) is 26.0 Å². The van der Waals surface area contributed by atoms with Gasteiger partial charge in [0.2, 0.25) is 30.1 Å². The first kappa shape index (κ1) is 25.4. The van der Waals surface area contributed by atoms with Crippen molar-refractivity contribution >= 4 is 30.1 Å². The van der Waals surface area contributed by atoms with E-state index in [0.717, 1.165) is 4.31 Å². The predicted octanol–water partition coefficient (Wildman–Crippen LogP) is 1.75. The Balaban J connectivity index is 2.32. The van der Waals surface area contributed by atoms with Crippen LogP contribution < -0.4 is 5.14 Å². The molecular weight excluding hydrogens is 462 g/mol. The zero-order chi connectivity index (χ0) is 23.6. The van der Waals surface area contributed by atoms with Gasteiger partial charge in [0.1, 0.15) is 0 Å². The molecule has 2 aromatic carbocycles. The molecule has 0 heterocycles. The molecule has 12 heteroatoms. The van der Waals surface area contributed by atoms with E-state index in [1.807, 2.05) is 0 Å². The summed E-state index contributed by atoms with van der Waals surface area (Å²) in [6.45, 7) is 5.73. The molecule has 0 aliphatic heterocycles. The molecule has 0 amide bonds. The molecule has 0 fully saturated rings. The van der Waals surface area contributed by atoms with E-state index < -0.39 is 36.1 Å². The minimum Gasteiger partial charge on any atom is -0.225 e. The molecule has 2 aromatic rings. The number of sulfonamides is 3. The summed E-state index contributed by atoms with van der Waals surface area (Å²) in [6.07, 6.45) is 0. The lowest BCUT2D eigenvalue weighted by atomic mass is 10.1. The van der Waals surface area contributed by atoms with Gasteiger partial charge in [-0.15, -0.1) is 0 Å². The fourth-order valence-electron chi connectivity index (χ4n) is 3.02. The normalized spacial score (nSPS) is 14.2. The minimum absolute atomic E-state index is 0.0180. The molecule has 0 bridgehead atoms. The average Bonchev–Trinajstić information content (AvgIpc) is 2.73. The van der Waals surface area contributed by atoms with Gasteiger partial charge < -0.3 is 0 Å². The number of benzene rings is 2. The van der Waals surface area contributed by atoms with Crippen LogP contribution in [-0.4, -0.2) is 54.0 Å². The molecule has 0 spiro atoms. The van der Waals surface area contributed by atoms with E-state index in [0.29, 0.717) is 18.7 Å². The molecule has 2 rings (SSSR count). The van der Waals surface area contributed by atoms with Crippen molar-refractivity contribution in [3.05, 3.63) is 54.1 Å². The Kier molecular flexibility index (Phi) is 7.67. The molecule has 0 radical (unpaired) electrons.